The van der Waals surface area contributed by atoms with Crippen LogP contribution in [-0.2, 0) is 11.3 Å². The fourth-order valence-electron chi connectivity index (χ4n) is 1.08. The number of thiazole rings is 1. The van der Waals surface area contributed by atoms with Gasteiger partial charge in [-0.25, -0.2) is 4.98 Å². The van der Waals surface area contributed by atoms with Crippen molar-refractivity contribution in [2.45, 2.75) is 33.4 Å². The van der Waals surface area contributed by atoms with Gasteiger partial charge in [-0.15, -0.1) is 11.3 Å². The SMILES string of the molecule is Cc1ncc(CNC(=O)[C@@H](N)C(C)C)s1. The molecule has 15 heavy (non-hydrogen) atoms. The Balaban J connectivity index is 2.40. The average Bonchev–Trinajstić information content (AvgIpc) is 2.59. The van der Waals surface area contributed by atoms with E-state index in [1.54, 1.807) is 17.5 Å². The number of carbonyl (C=O) groups is 1. The lowest BCUT2D eigenvalue weighted by atomic mass is 10.1. The van der Waals surface area contributed by atoms with Gasteiger partial charge in [-0.1, -0.05) is 13.8 Å². The van der Waals surface area contributed by atoms with E-state index in [0.717, 1.165) is 9.88 Å². The zero-order valence-electron chi connectivity index (χ0n) is 9.28. The van der Waals surface area contributed by atoms with E-state index in [0.29, 0.717) is 6.54 Å². The number of rotatable bonds is 4. The third kappa shape index (κ3) is 3.60. The lowest BCUT2D eigenvalue weighted by Gasteiger charge is -2.14. The normalized spacial score (nSPS) is 12.9. The molecule has 3 N–H and O–H groups in total. The van der Waals surface area contributed by atoms with Crippen molar-refractivity contribution in [2.75, 3.05) is 0 Å². The number of amides is 1. The first-order chi connectivity index (χ1) is 7.00. The van der Waals surface area contributed by atoms with Crippen LogP contribution >= 0.6 is 11.3 Å². The second-order valence-corrected chi connectivity index (χ2v) is 5.15. The van der Waals surface area contributed by atoms with Crippen molar-refractivity contribution in [3.8, 4) is 0 Å². The molecule has 1 rings (SSSR count). The smallest absolute Gasteiger partial charge is 0.237 e. The summed E-state index contributed by atoms with van der Waals surface area (Å²) in [5.74, 6) is 0.0595. The van der Waals surface area contributed by atoms with Crippen LogP contribution in [0.15, 0.2) is 6.20 Å². The van der Waals surface area contributed by atoms with Crippen LogP contribution in [-0.4, -0.2) is 16.9 Å². The Morgan fingerprint density at radius 3 is 2.80 bits per heavy atom. The minimum absolute atomic E-state index is 0.101. The van der Waals surface area contributed by atoms with E-state index in [1.165, 1.54) is 0 Å². The molecule has 0 radical (unpaired) electrons. The molecule has 0 aromatic carbocycles. The molecule has 0 spiro atoms. The highest BCUT2D eigenvalue weighted by molar-refractivity contribution is 7.11. The van der Waals surface area contributed by atoms with Crippen LogP contribution < -0.4 is 11.1 Å². The summed E-state index contributed by atoms with van der Waals surface area (Å²) in [7, 11) is 0. The van der Waals surface area contributed by atoms with Gasteiger partial charge in [0.05, 0.1) is 17.6 Å². The number of aryl methyl sites for hydroxylation is 1. The third-order valence-electron chi connectivity index (χ3n) is 2.13. The van der Waals surface area contributed by atoms with Gasteiger partial charge in [0.2, 0.25) is 5.91 Å². The molecule has 0 saturated carbocycles. The maximum absolute atomic E-state index is 11.5. The lowest BCUT2D eigenvalue weighted by Crippen LogP contribution is -2.43. The van der Waals surface area contributed by atoms with Gasteiger partial charge in [0, 0.05) is 11.1 Å². The molecule has 0 fully saturated rings. The Morgan fingerprint density at radius 1 is 1.67 bits per heavy atom. The van der Waals surface area contributed by atoms with Crippen molar-refractivity contribution in [1.29, 1.82) is 0 Å². The molecule has 1 atom stereocenters. The van der Waals surface area contributed by atoms with Crippen LogP contribution in [0.4, 0.5) is 0 Å². The largest absolute Gasteiger partial charge is 0.350 e. The summed E-state index contributed by atoms with van der Waals surface area (Å²) in [4.78, 5) is 16.7. The molecule has 0 unspecified atom stereocenters. The highest BCUT2D eigenvalue weighted by atomic mass is 32.1. The minimum Gasteiger partial charge on any atom is -0.350 e. The number of nitrogens with one attached hydrogen (secondary N) is 1. The summed E-state index contributed by atoms with van der Waals surface area (Å²) in [6.07, 6.45) is 1.78. The molecule has 0 aliphatic heterocycles. The van der Waals surface area contributed by atoms with Gasteiger partial charge in [0.15, 0.2) is 0 Å². The van der Waals surface area contributed by atoms with Gasteiger partial charge in [-0.2, -0.15) is 0 Å². The summed E-state index contributed by atoms with van der Waals surface area (Å²) in [5, 5.41) is 3.81. The predicted octanol–water partition coefficient (Wildman–Crippen LogP) is 1.05. The summed E-state index contributed by atoms with van der Waals surface area (Å²) < 4.78 is 0. The van der Waals surface area contributed by atoms with Crippen LogP contribution in [0, 0.1) is 12.8 Å². The lowest BCUT2D eigenvalue weighted by molar-refractivity contribution is -0.123. The molecule has 1 aromatic heterocycles. The van der Waals surface area contributed by atoms with Crippen molar-refractivity contribution in [3.63, 3.8) is 0 Å². The second kappa shape index (κ2) is 5.23. The van der Waals surface area contributed by atoms with E-state index < -0.39 is 6.04 Å². The zero-order valence-corrected chi connectivity index (χ0v) is 10.1. The average molecular weight is 227 g/mol. The molecular weight excluding hydrogens is 210 g/mol. The molecule has 5 heteroatoms. The Morgan fingerprint density at radius 2 is 2.33 bits per heavy atom. The molecule has 1 amide bonds. The van der Waals surface area contributed by atoms with Crippen molar-refractivity contribution in [1.82, 2.24) is 10.3 Å². The number of hydrogen-bond donors (Lipinski definition) is 2. The minimum atomic E-state index is -0.431. The van der Waals surface area contributed by atoms with Gasteiger partial charge in [0.25, 0.3) is 0 Å². The molecule has 1 aromatic rings. The molecule has 0 bridgehead atoms. The van der Waals surface area contributed by atoms with E-state index >= 15 is 0 Å². The van der Waals surface area contributed by atoms with E-state index in [-0.39, 0.29) is 11.8 Å². The summed E-state index contributed by atoms with van der Waals surface area (Å²) in [5.41, 5.74) is 5.71. The number of aromatic nitrogens is 1. The summed E-state index contributed by atoms with van der Waals surface area (Å²) in [6, 6.07) is -0.431. The highest BCUT2D eigenvalue weighted by Crippen LogP contribution is 2.10. The van der Waals surface area contributed by atoms with Crippen molar-refractivity contribution in [3.05, 3.63) is 16.1 Å². The first kappa shape index (κ1) is 12.1. The number of hydrogen-bond acceptors (Lipinski definition) is 4. The van der Waals surface area contributed by atoms with Gasteiger partial charge >= 0.3 is 0 Å². The Hall–Kier alpha value is -0.940. The van der Waals surface area contributed by atoms with Gasteiger partial charge < -0.3 is 11.1 Å². The summed E-state index contributed by atoms with van der Waals surface area (Å²) >= 11 is 1.58. The van der Waals surface area contributed by atoms with Crippen LogP contribution in [0.2, 0.25) is 0 Å². The van der Waals surface area contributed by atoms with E-state index in [2.05, 4.69) is 10.3 Å². The fraction of sp³-hybridized carbons (Fsp3) is 0.600. The van der Waals surface area contributed by atoms with Gasteiger partial charge in [-0.3, -0.25) is 4.79 Å². The van der Waals surface area contributed by atoms with Crippen molar-refractivity contribution >= 4 is 17.2 Å². The Bertz CT molecular complexity index is 335. The molecule has 4 nitrogen and oxygen atoms in total. The van der Waals surface area contributed by atoms with Gasteiger partial charge in [-0.05, 0) is 12.8 Å². The topological polar surface area (TPSA) is 68.0 Å². The van der Waals surface area contributed by atoms with Crippen molar-refractivity contribution in [2.24, 2.45) is 11.7 Å². The second-order valence-electron chi connectivity index (χ2n) is 3.83. The Kier molecular flexibility index (Phi) is 4.23. The standard InChI is InChI=1S/C10H17N3OS/c1-6(2)9(11)10(14)13-5-8-4-12-7(3)15-8/h4,6,9H,5,11H2,1-3H3,(H,13,14)/t9-/m0/s1. The predicted molar refractivity (Wildman–Crippen MR) is 61.5 cm³/mol. The van der Waals surface area contributed by atoms with Crippen LogP contribution in [0.3, 0.4) is 0 Å². The molecule has 0 aliphatic carbocycles. The zero-order chi connectivity index (χ0) is 11.4. The van der Waals surface area contributed by atoms with Crippen LogP contribution in [0.25, 0.3) is 0 Å². The maximum atomic E-state index is 11.5. The quantitative estimate of drug-likeness (QED) is 0.808. The highest BCUT2D eigenvalue weighted by Gasteiger charge is 2.16. The molecule has 0 saturated heterocycles. The van der Waals surface area contributed by atoms with E-state index in [4.69, 9.17) is 5.73 Å². The third-order valence-corrected chi connectivity index (χ3v) is 3.04. The maximum Gasteiger partial charge on any atom is 0.237 e. The number of nitrogens with zero attached hydrogens (tertiary/aromatic N) is 1. The molecular formula is C10H17N3OS. The van der Waals surface area contributed by atoms with Crippen LogP contribution in [0.1, 0.15) is 23.7 Å². The fourth-order valence-corrected chi connectivity index (χ4v) is 1.82. The van der Waals surface area contributed by atoms with E-state index in [9.17, 15) is 4.79 Å². The number of carbonyl (C=O) groups excluding carboxylic acids is 1. The monoisotopic (exact) mass is 227 g/mol. The van der Waals surface area contributed by atoms with Crippen molar-refractivity contribution < 1.29 is 4.79 Å². The molecule has 0 aliphatic rings. The first-order valence-corrected chi connectivity index (χ1v) is 5.77. The van der Waals surface area contributed by atoms with Gasteiger partial charge in [0.1, 0.15) is 0 Å². The molecule has 84 valence electrons. The molecule has 1 heterocycles. The summed E-state index contributed by atoms with van der Waals surface area (Å²) in [6.45, 7) is 6.32. The van der Waals surface area contributed by atoms with E-state index in [1.807, 2.05) is 20.8 Å². The first-order valence-electron chi connectivity index (χ1n) is 4.95. The Labute approximate surface area is 93.9 Å². The number of nitrogens with two attached hydrogens (primary N) is 1. The van der Waals surface area contributed by atoms with Crippen LogP contribution in [0.5, 0.6) is 0 Å².